The van der Waals surface area contributed by atoms with Crippen LogP contribution in [0.4, 0.5) is 4.39 Å². The molecule has 0 aliphatic carbocycles. The maximum atomic E-state index is 13.5. The van der Waals surface area contributed by atoms with Gasteiger partial charge in [0.25, 0.3) is 0 Å². The zero-order valence-electron chi connectivity index (χ0n) is 9.25. The number of carbonyl (C=O) groups is 1. The predicted octanol–water partition coefficient (Wildman–Crippen LogP) is 2.38. The van der Waals surface area contributed by atoms with Crippen LogP contribution in [0.2, 0.25) is 0 Å². The fourth-order valence-electron chi connectivity index (χ4n) is 1.42. The van der Waals surface area contributed by atoms with Crippen molar-refractivity contribution in [2.24, 2.45) is 0 Å². The number of aliphatic carboxylic acids is 1. The summed E-state index contributed by atoms with van der Waals surface area (Å²) < 4.78 is 13.5. The van der Waals surface area contributed by atoms with Crippen LogP contribution in [0.3, 0.4) is 0 Å². The number of nitrogens with zero attached hydrogens (tertiary/aromatic N) is 2. The molecule has 0 saturated heterocycles. The minimum Gasteiger partial charge on any atom is -0.478 e. The third-order valence-electron chi connectivity index (χ3n) is 2.20. The Kier molecular flexibility index (Phi) is 3.43. The molecule has 0 bridgehead atoms. The highest BCUT2D eigenvalue weighted by atomic mass is 19.1. The normalized spacial score (nSPS) is 10.7. The zero-order valence-corrected chi connectivity index (χ0v) is 9.25. The van der Waals surface area contributed by atoms with Crippen LogP contribution < -0.4 is 0 Å². The molecule has 0 radical (unpaired) electrons. The molecule has 1 aromatic heterocycles. The van der Waals surface area contributed by atoms with E-state index < -0.39 is 5.97 Å². The Morgan fingerprint density at radius 2 is 2.06 bits per heavy atom. The molecule has 1 heterocycles. The van der Waals surface area contributed by atoms with Crippen LogP contribution in [0.15, 0.2) is 42.6 Å². The largest absolute Gasteiger partial charge is 0.478 e. The van der Waals surface area contributed by atoms with Gasteiger partial charge in [-0.3, -0.25) is 0 Å². The second-order valence-electron chi connectivity index (χ2n) is 3.45. The van der Waals surface area contributed by atoms with E-state index in [1.165, 1.54) is 18.3 Å². The van der Waals surface area contributed by atoms with E-state index in [1.807, 2.05) is 0 Å². The van der Waals surface area contributed by atoms with Crippen molar-refractivity contribution in [1.29, 1.82) is 0 Å². The molecule has 2 rings (SSSR count). The van der Waals surface area contributed by atoms with Crippen molar-refractivity contribution in [2.75, 3.05) is 0 Å². The first-order chi connectivity index (χ1) is 8.66. The van der Waals surface area contributed by atoms with Crippen molar-refractivity contribution in [3.63, 3.8) is 0 Å². The average Bonchev–Trinajstić information content (AvgIpc) is 2.37. The van der Waals surface area contributed by atoms with Gasteiger partial charge in [0.1, 0.15) is 5.82 Å². The number of carboxylic acids is 1. The summed E-state index contributed by atoms with van der Waals surface area (Å²) in [6.07, 6.45) is 3.64. The highest BCUT2D eigenvalue weighted by Gasteiger charge is 2.05. The first-order valence-electron chi connectivity index (χ1n) is 5.16. The zero-order chi connectivity index (χ0) is 13.0. The molecule has 90 valence electrons. The molecule has 0 aliphatic heterocycles. The van der Waals surface area contributed by atoms with Gasteiger partial charge in [-0.2, -0.15) is 0 Å². The smallest absolute Gasteiger partial charge is 0.328 e. The maximum absolute atomic E-state index is 13.5. The highest BCUT2D eigenvalue weighted by Crippen LogP contribution is 2.19. The van der Waals surface area contributed by atoms with Crippen LogP contribution in [0.5, 0.6) is 0 Å². The van der Waals surface area contributed by atoms with Crippen LogP contribution in [0.25, 0.3) is 17.3 Å². The van der Waals surface area contributed by atoms with Crippen molar-refractivity contribution in [1.82, 2.24) is 9.97 Å². The van der Waals surface area contributed by atoms with E-state index in [1.54, 1.807) is 24.3 Å². The Labute approximate surface area is 102 Å². The summed E-state index contributed by atoms with van der Waals surface area (Å²) >= 11 is 0. The van der Waals surface area contributed by atoms with E-state index in [0.717, 1.165) is 6.08 Å². The molecule has 0 fully saturated rings. The number of rotatable bonds is 3. The minimum atomic E-state index is -1.09. The van der Waals surface area contributed by atoms with Gasteiger partial charge in [0, 0.05) is 17.8 Å². The van der Waals surface area contributed by atoms with E-state index in [2.05, 4.69) is 9.97 Å². The Morgan fingerprint density at radius 1 is 1.28 bits per heavy atom. The lowest BCUT2D eigenvalue weighted by Crippen LogP contribution is -1.93. The van der Waals surface area contributed by atoms with Crippen LogP contribution in [0.1, 0.15) is 5.82 Å². The van der Waals surface area contributed by atoms with Crippen LogP contribution in [-0.2, 0) is 4.79 Å². The monoisotopic (exact) mass is 244 g/mol. The van der Waals surface area contributed by atoms with Crippen molar-refractivity contribution in [3.05, 3.63) is 54.2 Å². The van der Waals surface area contributed by atoms with Crippen molar-refractivity contribution in [3.8, 4) is 11.3 Å². The molecular weight excluding hydrogens is 235 g/mol. The highest BCUT2D eigenvalue weighted by molar-refractivity contribution is 5.84. The minimum absolute atomic E-state index is 0.221. The molecule has 1 N–H and O–H groups in total. The SMILES string of the molecule is O=C(O)/C=C/c1nccc(-c2ccccc2F)n1. The lowest BCUT2D eigenvalue weighted by molar-refractivity contribution is -0.131. The lowest BCUT2D eigenvalue weighted by Gasteiger charge is -2.02. The van der Waals surface area contributed by atoms with Crippen molar-refractivity contribution < 1.29 is 14.3 Å². The molecule has 0 spiro atoms. The van der Waals surface area contributed by atoms with Gasteiger partial charge in [-0.05, 0) is 24.3 Å². The maximum Gasteiger partial charge on any atom is 0.328 e. The number of carboxylic acid groups (broad SMARTS) is 1. The van der Waals surface area contributed by atoms with Crippen LogP contribution in [-0.4, -0.2) is 21.0 Å². The molecule has 2 aromatic rings. The number of halogens is 1. The molecule has 1 aromatic carbocycles. The standard InChI is InChI=1S/C13H9FN2O2/c14-10-4-2-1-3-9(10)11-7-8-15-12(16-11)5-6-13(17)18/h1-8H,(H,17,18)/b6-5+. The van der Waals surface area contributed by atoms with Gasteiger partial charge in [0.05, 0.1) is 5.69 Å². The van der Waals surface area contributed by atoms with E-state index in [4.69, 9.17) is 5.11 Å². The quantitative estimate of drug-likeness (QED) is 0.842. The summed E-state index contributed by atoms with van der Waals surface area (Å²) in [7, 11) is 0. The van der Waals surface area contributed by atoms with Crippen LogP contribution in [0, 0.1) is 5.82 Å². The number of aromatic nitrogens is 2. The number of benzene rings is 1. The van der Waals surface area contributed by atoms with E-state index in [-0.39, 0.29) is 11.6 Å². The lowest BCUT2D eigenvalue weighted by atomic mass is 10.1. The number of hydrogen-bond acceptors (Lipinski definition) is 3. The molecule has 0 amide bonds. The fraction of sp³-hybridized carbons (Fsp3) is 0. The summed E-state index contributed by atoms with van der Waals surface area (Å²) in [5.41, 5.74) is 0.762. The van der Waals surface area contributed by atoms with E-state index in [9.17, 15) is 9.18 Å². The van der Waals surface area contributed by atoms with Gasteiger partial charge in [-0.1, -0.05) is 12.1 Å². The number of hydrogen-bond donors (Lipinski definition) is 1. The third-order valence-corrected chi connectivity index (χ3v) is 2.20. The van der Waals surface area contributed by atoms with Gasteiger partial charge in [-0.25, -0.2) is 19.2 Å². The Bertz CT molecular complexity index is 611. The molecule has 0 unspecified atom stereocenters. The van der Waals surface area contributed by atoms with Crippen molar-refractivity contribution in [2.45, 2.75) is 0 Å². The first kappa shape index (κ1) is 11.9. The third kappa shape index (κ3) is 2.76. The summed E-state index contributed by atoms with van der Waals surface area (Å²) in [5, 5.41) is 8.50. The Morgan fingerprint density at radius 3 is 2.78 bits per heavy atom. The van der Waals surface area contributed by atoms with Crippen molar-refractivity contribution >= 4 is 12.0 Å². The summed E-state index contributed by atoms with van der Waals surface area (Å²) in [4.78, 5) is 18.3. The first-order valence-corrected chi connectivity index (χ1v) is 5.16. The van der Waals surface area contributed by atoms with Gasteiger partial charge in [0.15, 0.2) is 5.82 Å². The molecule has 18 heavy (non-hydrogen) atoms. The molecule has 4 nitrogen and oxygen atoms in total. The molecule has 0 atom stereocenters. The topological polar surface area (TPSA) is 63.1 Å². The summed E-state index contributed by atoms with van der Waals surface area (Å²) in [5.74, 6) is -1.25. The van der Waals surface area contributed by atoms with Gasteiger partial charge in [0.2, 0.25) is 0 Å². The fourth-order valence-corrected chi connectivity index (χ4v) is 1.42. The van der Waals surface area contributed by atoms with Gasteiger partial charge < -0.3 is 5.11 Å². The predicted molar refractivity (Wildman–Crippen MR) is 64.1 cm³/mol. The summed E-state index contributed by atoms with van der Waals surface area (Å²) in [6.45, 7) is 0. The van der Waals surface area contributed by atoms with E-state index >= 15 is 0 Å². The summed E-state index contributed by atoms with van der Waals surface area (Å²) in [6, 6.07) is 7.79. The van der Waals surface area contributed by atoms with Gasteiger partial charge in [-0.15, -0.1) is 0 Å². The van der Waals surface area contributed by atoms with E-state index in [0.29, 0.717) is 11.3 Å². The molecule has 5 heteroatoms. The second-order valence-corrected chi connectivity index (χ2v) is 3.45. The molecular formula is C13H9FN2O2. The average molecular weight is 244 g/mol. The Balaban J connectivity index is 2.39. The van der Waals surface area contributed by atoms with Crippen LogP contribution >= 0.6 is 0 Å². The molecule has 0 saturated carbocycles. The molecule has 0 aliphatic rings. The van der Waals surface area contributed by atoms with Gasteiger partial charge >= 0.3 is 5.97 Å². The Hall–Kier alpha value is -2.56. The second kappa shape index (κ2) is 5.18.